The van der Waals surface area contributed by atoms with Crippen molar-refractivity contribution in [1.29, 1.82) is 5.26 Å². The third-order valence-corrected chi connectivity index (χ3v) is 1.88. The van der Waals surface area contributed by atoms with Gasteiger partial charge in [0.25, 0.3) is 0 Å². The zero-order valence-corrected chi connectivity index (χ0v) is 7.48. The van der Waals surface area contributed by atoms with Crippen molar-refractivity contribution in [3.8, 4) is 6.07 Å². The molecule has 6 heteroatoms. The number of aliphatic hydroxyl groups is 2. The maximum Gasteiger partial charge on any atom is 0.170 e. The second-order valence-corrected chi connectivity index (χ2v) is 2.88. The first-order valence-corrected chi connectivity index (χ1v) is 3.98. The Morgan fingerprint density at radius 3 is 2.47 bits per heavy atom. The average Bonchev–Trinajstić information content (AvgIpc) is 2.22. The fourth-order valence-electron chi connectivity index (χ4n) is 1.09. The molecule has 4 N–H and O–H groups in total. The van der Waals surface area contributed by atoms with Gasteiger partial charge in [-0.25, -0.2) is 8.78 Å². The molecule has 1 aromatic carbocycles. The number of nitrogens with two attached hydrogens (primary N) is 1. The molecular weight excluding hydrogens is 206 g/mol. The quantitative estimate of drug-likeness (QED) is 0.493. The van der Waals surface area contributed by atoms with Crippen molar-refractivity contribution < 1.29 is 19.0 Å². The van der Waals surface area contributed by atoms with Crippen LogP contribution in [0, 0.1) is 23.0 Å². The highest BCUT2D eigenvalue weighted by Gasteiger charge is 2.25. The van der Waals surface area contributed by atoms with E-state index in [1.807, 2.05) is 0 Å². The molecule has 4 nitrogen and oxygen atoms in total. The van der Waals surface area contributed by atoms with Crippen molar-refractivity contribution in [3.05, 3.63) is 29.3 Å². The van der Waals surface area contributed by atoms with E-state index in [9.17, 15) is 13.9 Å². The van der Waals surface area contributed by atoms with Crippen LogP contribution in [0.3, 0.4) is 0 Å². The molecule has 0 fully saturated rings. The molecule has 15 heavy (non-hydrogen) atoms. The molecule has 0 aliphatic heterocycles. The molecule has 0 spiro atoms. The molecule has 0 saturated carbocycles. The van der Waals surface area contributed by atoms with Gasteiger partial charge in [0, 0.05) is 0 Å². The highest BCUT2D eigenvalue weighted by molar-refractivity contribution is 5.44. The Bertz CT molecular complexity index is 417. The van der Waals surface area contributed by atoms with Gasteiger partial charge in [-0.2, -0.15) is 5.26 Å². The summed E-state index contributed by atoms with van der Waals surface area (Å²) >= 11 is 0. The van der Waals surface area contributed by atoms with E-state index in [0.717, 1.165) is 12.1 Å². The Labute approximate surface area is 84.2 Å². The molecular formula is C9H8F2N2O2. The Morgan fingerprint density at radius 1 is 1.33 bits per heavy atom. The first-order valence-electron chi connectivity index (χ1n) is 3.98. The summed E-state index contributed by atoms with van der Waals surface area (Å²) in [6.07, 6.45) is -3.87. The minimum Gasteiger partial charge on any atom is -0.396 e. The van der Waals surface area contributed by atoms with Crippen molar-refractivity contribution in [2.75, 3.05) is 5.73 Å². The maximum absolute atomic E-state index is 13.3. The van der Waals surface area contributed by atoms with Crippen LogP contribution in [0.4, 0.5) is 14.5 Å². The van der Waals surface area contributed by atoms with Crippen molar-refractivity contribution in [2.45, 2.75) is 12.2 Å². The molecule has 1 rings (SSSR count). The largest absolute Gasteiger partial charge is 0.396 e. The second-order valence-electron chi connectivity index (χ2n) is 2.88. The van der Waals surface area contributed by atoms with Gasteiger partial charge in [0.2, 0.25) is 0 Å². The van der Waals surface area contributed by atoms with Crippen LogP contribution >= 0.6 is 0 Å². The molecule has 1 aromatic rings. The zero-order valence-electron chi connectivity index (χ0n) is 7.48. The van der Waals surface area contributed by atoms with Gasteiger partial charge < -0.3 is 15.9 Å². The summed E-state index contributed by atoms with van der Waals surface area (Å²) < 4.78 is 26.4. The molecule has 2 atom stereocenters. The van der Waals surface area contributed by atoms with Crippen LogP contribution in [-0.2, 0) is 0 Å². The highest BCUT2D eigenvalue weighted by atomic mass is 19.1. The standard InChI is InChI=1S/C9H8F2N2O2/c10-4-1-2-5(13)8(11)7(4)9(15)6(14)3-12/h1-2,6,9,14-15H,13H2. The normalized spacial score (nSPS) is 14.3. The van der Waals surface area contributed by atoms with Crippen molar-refractivity contribution in [1.82, 2.24) is 0 Å². The summed E-state index contributed by atoms with van der Waals surface area (Å²) in [6, 6.07) is 3.10. The zero-order chi connectivity index (χ0) is 11.6. The number of aliphatic hydroxyl groups excluding tert-OH is 2. The van der Waals surface area contributed by atoms with E-state index in [4.69, 9.17) is 16.1 Å². The lowest BCUT2D eigenvalue weighted by molar-refractivity contribution is 0.0477. The number of nitrogens with zero attached hydrogens (tertiary/aromatic N) is 1. The highest BCUT2D eigenvalue weighted by Crippen LogP contribution is 2.26. The van der Waals surface area contributed by atoms with E-state index in [1.165, 1.54) is 6.07 Å². The van der Waals surface area contributed by atoms with E-state index < -0.39 is 29.4 Å². The summed E-state index contributed by atoms with van der Waals surface area (Å²) in [4.78, 5) is 0. The third-order valence-electron chi connectivity index (χ3n) is 1.88. The summed E-state index contributed by atoms with van der Waals surface area (Å²) in [6.45, 7) is 0. The van der Waals surface area contributed by atoms with Crippen LogP contribution in [-0.4, -0.2) is 16.3 Å². The second kappa shape index (κ2) is 4.21. The average molecular weight is 214 g/mol. The molecule has 0 aliphatic carbocycles. The molecule has 0 heterocycles. The number of hydrogen-bond donors (Lipinski definition) is 3. The number of anilines is 1. The number of hydrogen-bond acceptors (Lipinski definition) is 4. The Morgan fingerprint density at radius 2 is 1.93 bits per heavy atom. The lowest BCUT2D eigenvalue weighted by atomic mass is 10.0. The van der Waals surface area contributed by atoms with E-state index in [1.54, 1.807) is 0 Å². The predicted octanol–water partition coefficient (Wildman–Crippen LogP) is 0.465. The van der Waals surface area contributed by atoms with Crippen molar-refractivity contribution in [2.24, 2.45) is 0 Å². The number of nitriles is 1. The molecule has 0 radical (unpaired) electrons. The predicted molar refractivity (Wildman–Crippen MR) is 47.4 cm³/mol. The number of halogens is 2. The molecule has 0 aliphatic rings. The fourth-order valence-corrected chi connectivity index (χ4v) is 1.09. The molecule has 80 valence electrons. The van der Waals surface area contributed by atoms with Crippen LogP contribution in [0.25, 0.3) is 0 Å². The van der Waals surface area contributed by atoms with Gasteiger partial charge in [-0.05, 0) is 12.1 Å². The molecule has 0 bridgehead atoms. The van der Waals surface area contributed by atoms with E-state index in [-0.39, 0.29) is 5.69 Å². The third kappa shape index (κ3) is 2.03. The molecule has 0 amide bonds. The molecule has 0 saturated heterocycles. The van der Waals surface area contributed by atoms with Crippen LogP contribution in [0.1, 0.15) is 11.7 Å². The van der Waals surface area contributed by atoms with Gasteiger partial charge in [-0.1, -0.05) is 0 Å². The van der Waals surface area contributed by atoms with Gasteiger partial charge in [0.1, 0.15) is 11.9 Å². The molecule has 0 aromatic heterocycles. The number of nitrogen functional groups attached to an aromatic ring is 1. The smallest absolute Gasteiger partial charge is 0.170 e. The topological polar surface area (TPSA) is 90.3 Å². The minimum absolute atomic E-state index is 0.365. The lowest BCUT2D eigenvalue weighted by Gasteiger charge is -2.14. The van der Waals surface area contributed by atoms with Gasteiger partial charge in [0.05, 0.1) is 17.3 Å². The number of rotatable bonds is 2. The maximum atomic E-state index is 13.3. The summed E-state index contributed by atoms with van der Waals surface area (Å²) in [5.41, 5.74) is 3.98. The van der Waals surface area contributed by atoms with E-state index >= 15 is 0 Å². The van der Waals surface area contributed by atoms with Gasteiger partial charge in [-0.15, -0.1) is 0 Å². The van der Waals surface area contributed by atoms with Gasteiger partial charge in [-0.3, -0.25) is 0 Å². The summed E-state index contributed by atoms with van der Waals surface area (Å²) in [7, 11) is 0. The minimum atomic E-state index is -1.96. The van der Waals surface area contributed by atoms with E-state index in [0.29, 0.717) is 0 Å². The lowest BCUT2D eigenvalue weighted by Crippen LogP contribution is -2.19. The van der Waals surface area contributed by atoms with Gasteiger partial charge >= 0.3 is 0 Å². The summed E-state index contributed by atoms with van der Waals surface area (Å²) in [5.74, 6) is -2.24. The van der Waals surface area contributed by atoms with E-state index in [2.05, 4.69) is 0 Å². The Balaban J connectivity index is 3.25. The van der Waals surface area contributed by atoms with Gasteiger partial charge in [0.15, 0.2) is 11.9 Å². The summed E-state index contributed by atoms with van der Waals surface area (Å²) in [5, 5.41) is 26.5. The van der Waals surface area contributed by atoms with Crippen molar-refractivity contribution in [3.63, 3.8) is 0 Å². The molecule has 2 unspecified atom stereocenters. The number of benzene rings is 1. The monoisotopic (exact) mass is 214 g/mol. The first-order chi connectivity index (χ1) is 6.99. The van der Waals surface area contributed by atoms with Crippen LogP contribution in [0.15, 0.2) is 12.1 Å². The van der Waals surface area contributed by atoms with Crippen LogP contribution < -0.4 is 5.73 Å². The van der Waals surface area contributed by atoms with Crippen LogP contribution in [0.2, 0.25) is 0 Å². The first kappa shape index (κ1) is 11.4. The Kier molecular flexibility index (Phi) is 3.19. The SMILES string of the molecule is N#CC(O)C(O)c1c(F)ccc(N)c1F. The van der Waals surface area contributed by atoms with Crippen LogP contribution in [0.5, 0.6) is 0 Å². The van der Waals surface area contributed by atoms with Crippen molar-refractivity contribution >= 4 is 5.69 Å². The fraction of sp³-hybridized carbons (Fsp3) is 0.222. The Hall–Kier alpha value is -1.71.